The molecule has 7 nitrogen and oxygen atoms in total. The van der Waals surface area contributed by atoms with Crippen LogP contribution < -0.4 is 9.61 Å². The highest BCUT2D eigenvalue weighted by molar-refractivity contribution is 7.58. The summed E-state index contributed by atoms with van der Waals surface area (Å²) in [6, 6.07) is 14.4. The molecule has 140 valence electrons. The van der Waals surface area contributed by atoms with Crippen molar-refractivity contribution in [1.82, 2.24) is 4.67 Å². The maximum Gasteiger partial charge on any atom is 0.419 e. The molecular weight excluding hydrogens is 400 g/mol. The summed E-state index contributed by atoms with van der Waals surface area (Å²) in [7, 11) is -3.66. The largest absolute Gasteiger partial charge is 0.419 e. The minimum atomic E-state index is -3.66. The van der Waals surface area contributed by atoms with Crippen molar-refractivity contribution in [2.75, 3.05) is 29.9 Å². The molecule has 26 heavy (non-hydrogen) atoms. The lowest BCUT2D eigenvalue weighted by atomic mass is 10.3. The first-order valence-electron chi connectivity index (χ1n) is 7.73. The standard InChI is InChI=1S/C16H18Cl2N3O4P/c17-9-11-20(12-10-18)26(24,25-16-7-2-1-3-8-16)19-14-5-4-6-15(13-14)21(22)23/h1-8,13H,9-12H2,(H,19,24)/t26-/m1/s1. The molecule has 0 radical (unpaired) electrons. The number of hydrogen-bond donors (Lipinski definition) is 1. The summed E-state index contributed by atoms with van der Waals surface area (Å²) in [5.41, 5.74) is 0.176. The first-order valence-corrected chi connectivity index (χ1v) is 10.4. The Morgan fingerprint density at radius 3 is 2.31 bits per heavy atom. The van der Waals surface area contributed by atoms with Gasteiger partial charge in [-0.3, -0.25) is 15.2 Å². The minimum absolute atomic E-state index is 0.123. The summed E-state index contributed by atoms with van der Waals surface area (Å²) in [6.45, 7) is 0.528. The smallest absolute Gasteiger partial charge is 0.418 e. The summed E-state index contributed by atoms with van der Waals surface area (Å²) >= 11 is 11.7. The van der Waals surface area contributed by atoms with Crippen molar-refractivity contribution >= 4 is 42.2 Å². The van der Waals surface area contributed by atoms with Gasteiger partial charge in [-0.2, -0.15) is 0 Å². The third-order valence-corrected chi connectivity index (χ3v) is 5.84. The van der Waals surface area contributed by atoms with Crippen LogP contribution in [-0.4, -0.2) is 34.4 Å². The Balaban J connectivity index is 2.37. The number of benzene rings is 2. The Kier molecular flexibility index (Phi) is 7.72. The molecule has 0 bridgehead atoms. The normalized spacial score (nSPS) is 13.2. The molecule has 2 aromatic carbocycles. The van der Waals surface area contributed by atoms with E-state index < -0.39 is 12.6 Å². The van der Waals surface area contributed by atoms with Crippen LogP contribution in [-0.2, 0) is 4.57 Å². The Bertz CT molecular complexity index is 773. The Hall–Kier alpha value is -1.79. The maximum absolute atomic E-state index is 13.6. The van der Waals surface area contributed by atoms with Gasteiger partial charge in [0.05, 0.1) is 10.6 Å². The van der Waals surface area contributed by atoms with Gasteiger partial charge < -0.3 is 4.52 Å². The monoisotopic (exact) mass is 417 g/mol. The summed E-state index contributed by atoms with van der Waals surface area (Å²) in [4.78, 5) is 10.5. The van der Waals surface area contributed by atoms with Crippen molar-refractivity contribution in [2.24, 2.45) is 0 Å². The molecule has 0 unspecified atom stereocenters. The SMILES string of the molecule is O=[N+]([O-])c1cccc(N[P@@](=O)(Oc2ccccc2)N(CCCl)CCCl)c1. The number of anilines is 1. The predicted molar refractivity (Wildman–Crippen MR) is 104 cm³/mol. The van der Waals surface area contributed by atoms with E-state index in [4.69, 9.17) is 27.7 Å². The molecule has 0 aliphatic heterocycles. The van der Waals surface area contributed by atoms with E-state index in [-0.39, 0.29) is 30.5 Å². The third kappa shape index (κ3) is 5.61. The molecule has 0 aliphatic carbocycles. The number of alkyl halides is 2. The molecule has 1 atom stereocenters. The number of nitrogens with one attached hydrogen (secondary N) is 1. The topological polar surface area (TPSA) is 84.7 Å². The van der Waals surface area contributed by atoms with E-state index in [1.54, 1.807) is 36.4 Å². The number of nitrogens with zero attached hydrogens (tertiary/aromatic N) is 2. The lowest BCUT2D eigenvalue weighted by Crippen LogP contribution is -2.30. The Morgan fingerprint density at radius 1 is 1.08 bits per heavy atom. The molecule has 1 N–H and O–H groups in total. The molecule has 2 rings (SSSR count). The fourth-order valence-corrected chi connectivity index (χ4v) is 4.74. The summed E-state index contributed by atoms with van der Waals surface area (Å²) in [6.07, 6.45) is 0. The van der Waals surface area contributed by atoms with Gasteiger partial charge in [-0.25, -0.2) is 9.24 Å². The quantitative estimate of drug-likeness (QED) is 0.254. The lowest BCUT2D eigenvalue weighted by Gasteiger charge is -2.30. The molecule has 0 saturated carbocycles. The summed E-state index contributed by atoms with van der Waals surface area (Å²) < 4.78 is 20.9. The van der Waals surface area contributed by atoms with Gasteiger partial charge in [0.2, 0.25) is 0 Å². The molecule has 0 aliphatic rings. The zero-order valence-corrected chi connectivity index (χ0v) is 16.2. The lowest BCUT2D eigenvalue weighted by molar-refractivity contribution is -0.384. The first-order chi connectivity index (χ1) is 12.5. The van der Waals surface area contributed by atoms with E-state index in [2.05, 4.69) is 5.09 Å². The molecule has 0 amide bonds. The Morgan fingerprint density at radius 2 is 1.73 bits per heavy atom. The maximum atomic E-state index is 13.6. The van der Waals surface area contributed by atoms with Gasteiger partial charge >= 0.3 is 7.67 Å². The third-order valence-electron chi connectivity index (χ3n) is 3.36. The van der Waals surface area contributed by atoms with Crippen LogP contribution in [0.1, 0.15) is 0 Å². The van der Waals surface area contributed by atoms with E-state index in [0.29, 0.717) is 11.4 Å². The van der Waals surface area contributed by atoms with Crippen molar-refractivity contribution in [2.45, 2.75) is 0 Å². The first kappa shape index (κ1) is 20.5. The minimum Gasteiger partial charge on any atom is -0.418 e. The van der Waals surface area contributed by atoms with Crippen molar-refractivity contribution in [3.8, 4) is 5.75 Å². The Labute approximate surface area is 161 Å². The fourth-order valence-electron chi connectivity index (χ4n) is 2.20. The average Bonchev–Trinajstić information content (AvgIpc) is 2.62. The highest BCUT2D eigenvalue weighted by Gasteiger charge is 2.33. The second kappa shape index (κ2) is 9.78. The van der Waals surface area contributed by atoms with Crippen LogP contribution in [0.4, 0.5) is 11.4 Å². The average molecular weight is 418 g/mol. The van der Waals surface area contributed by atoms with E-state index >= 15 is 0 Å². The van der Waals surface area contributed by atoms with Gasteiger partial charge in [0.1, 0.15) is 5.75 Å². The van der Waals surface area contributed by atoms with Crippen LogP contribution in [0, 0.1) is 10.1 Å². The van der Waals surface area contributed by atoms with Crippen LogP contribution in [0.3, 0.4) is 0 Å². The molecule has 2 aromatic rings. The van der Waals surface area contributed by atoms with Crippen LogP contribution in [0.15, 0.2) is 54.6 Å². The molecule has 0 fully saturated rings. The van der Waals surface area contributed by atoms with E-state index in [1.165, 1.54) is 22.9 Å². The van der Waals surface area contributed by atoms with Gasteiger partial charge in [-0.05, 0) is 18.2 Å². The van der Waals surface area contributed by atoms with Gasteiger partial charge in [0.25, 0.3) is 5.69 Å². The number of hydrogen-bond acceptors (Lipinski definition) is 4. The van der Waals surface area contributed by atoms with E-state index in [0.717, 1.165) is 0 Å². The number of halogens is 2. The molecule has 0 heterocycles. The molecule has 0 spiro atoms. The second-order valence-electron chi connectivity index (χ2n) is 5.18. The zero-order chi connectivity index (χ0) is 19.0. The van der Waals surface area contributed by atoms with Crippen LogP contribution >= 0.6 is 30.9 Å². The second-order valence-corrected chi connectivity index (χ2v) is 7.94. The zero-order valence-electron chi connectivity index (χ0n) is 13.8. The summed E-state index contributed by atoms with van der Waals surface area (Å²) in [5.74, 6) is 0.827. The van der Waals surface area contributed by atoms with Crippen molar-refractivity contribution < 1.29 is 14.0 Å². The van der Waals surface area contributed by atoms with Gasteiger partial charge in [0, 0.05) is 37.0 Å². The molecule has 0 aromatic heterocycles. The van der Waals surface area contributed by atoms with E-state index in [9.17, 15) is 14.7 Å². The fraction of sp³-hybridized carbons (Fsp3) is 0.250. The van der Waals surface area contributed by atoms with Crippen molar-refractivity contribution in [3.63, 3.8) is 0 Å². The number of non-ortho nitro benzene ring substituents is 1. The van der Waals surface area contributed by atoms with Crippen molar-refractivity contribution in [3.05, 3.63) is 64.7 Å². The number of nitro benzene ring substituents is 1. The van der Waals surface area contributed by atoms with E-state index in [1.807, 2.05) is 0 Å². The van der Waals surface area contributed by atoms with Gasteiger partial charge in [0.15, 0.2) is 0 Å². The van der Waals surface area contributed by atoms with Crippen LogP contribution in [0.5, 0.6) is 5.75 Å². The van der Waals surface area contributed by atoms with Gasteiger partial charge in [-0.1, -0.05) is 24.3 Å². The molecule has 0 saturated heterocycles. The highest BCUT2D eigenvalue weighted by Crippen LogP contribution is 2.50. The molecular formula is C16H18Cl2N3O4P. The predicted octanol–water partition coefficient (Wildman–Crippen LogP) is 4.97. The molecule has 10 heteroatoms. The number of nitro groups is 1. The van der Waals surface area contributed by atoms with Crippen LogP contribution in [0.25, 0.3) is 0 Å². The van der Waals surface area contributed by atoms with Crippen LogP contribution in [0.2, 0.25) is 0 Å². The van der Waals surface area contributed by atoms with Crippen molar-refractivity contribution in [1.29, 1.82) is 0 Å². The number of para-hydroxylation sites is 1. The number of rotatable bonds is 10. The van der Waals surface area contributed by atoms with Gasteiger partial charge in [-0.15, -0.1) is 23.2 Å². The highest BCUT2D eigenvalue weighted by atomic mass is 35.5. The summed E-state index contributed by atoms with van der Waals surface area (Å²) in [5, 5.41) is 13.8.